The van der Waals surface area contributed by atoms with Crippen molar-refractivity contribution in [1.82, 2.24) is 14.9 Å². The molecule has 1 aliphatic heterocycles. The van der Waals surface area contributed by atoms with Crippen molar-refractivity contribution in [2.24, 2.45) is 5.92 Å². The molecule has 0 bridgehead atoms. The van der Waals surface area contributed by atoms with E-state index in [2.05, 4.69) is 15.3 Å². The van der Waals surface area contributed by atoms with E-state index in [-0.39, 0.29) is 36.1 Å². The zero-order valence-corrected chi connectivity index (χ0v) is 27.2. The van der Waals surface area contributed by atoms with Crippen molar-refractivity contribution in [3.63, 3.8) is 0 Å². The maximum absolute atomic E-state index is 13.3. The highest BCUT2D eigenvalue weighted by molar-refractivity contribution is 6.04. The Kier molecular flexibility index (Phi) is 12.3. The van der Waals surface area contributed by atoms with Crippen LogP contribution in [0.15, 0.2) is 97.3 Å². The van der Waals surface area contributed by atoms with Crippen LogP contribution in [0.1, 0.15) is 83.5 Å². The highest BCUT2D eigenvalue weighted by Gasteiger charge is 2.29. The van der Waals surface area contributed by atoms with Gasteiger partial charge in [-0.2, -0.15) is 4.39 Å². The molecule has 0 atom stereocenters. The molecule has 1 aliphatic rings. The van der Waals surface area contributed by atoms with Crippen LogP contribution in [-0.2, 0) is 0 Å². The van der Waals surface area contributed by atoms with Crippen LogP contribution in [0.25, 0.3) is 0 Å². The van der Waals surface area contributed by atoms with Crippen LogP contribution in [0.2, 0.25) is 0 Å². The molecule has 1 fully saturated rings. The Labute approximate surface area is 280 Å². The number of allylic oxidation sites excluding steroid dienone is 1. The van der Waals surface area contributed by atoms with E-state index >= 15 is 0 Å². The molecule has 11 heteroatoms. The number of nitrogens with zero attached hydrogens (tertiary/aromatic N) is 3. The third kappa shape index (κ3) is 9.18. The standard InChI is InChI=1S/C35H31FN4O6.C2H6.H2/c1-3-31(36)45-28-12-6-24(7-13-28)33(42)25-16-18-40(19-17-25)35(44)30-14-8-26(20-37-30)34(43)39-27-9-15-32(38-21-27)46-29-10-4-23(5-11-29)22(2)41;1-2;/h3-15,20-21,25H,16-19H2,1-2H3,(H,39,43);1-2H3;1H/b31-3+;;. The average Bonchev–Trinajstić information content (AvgIpc) is 3.13. The fourth-order valence-electron chi connectivity index (χ4n) is 4.85. The molecule has 0 aliphatic carbocycles. The number of halogens is 1. The third-order valence-electron chi connectivity index (χ3n) is 7.46. The van der Waals surface area contributed by atoms with Gasteiger partial charge in [0.15, 0.2) is 11.6 Å². The number of amides is 2. The Hall–Kier alpha value is -5.71. The Morgan fingerprint density at radius 2 is 1.46 bits per heavy atom. The first kappa shape index (κ1) is 35.1. The summed E-state index contributed by atoms with van der Waals surface area (Å²) < 4.78 is 24.0. The van der Waals surface area contributed by atoms with Crippen molar-refractivity contribution in [2.45, 2.75) is 40.5 Å². The van der Waals surface area contributed by atoms with Crippen molar-refractivity contribution in [1.29, 1.82) is 0 Å². The summed E-state index contributed by atoms with van der Waals surface area (Å²) >= 11 is 0. The van der Waals surface area contributed by atoms with Crippen molar-refractivity contribution in [2.75, 3.05) is 18.4 Å². The molecule has 48 heavy (non-hydrogen) atoms. The number of ether oxygens (including phenoxy) is 2. The minimum absolute atomic E-state index is 0. The number of benzene rings is 2. The van der Waals surface area contributed by atoms with Crippen molar-refractivity contribution < 1.29 is 34.5 Å². The third-order valence-corrected chi connectivity index (χ3v) is 7.46. The lowest BCUT2D eigenvalue weighted by Crippen LogP contribution is -2.40. The second-order valence-electron chi connectivity index (χ2n) is 10.6. The molecule has 3 heterocycles. The van der Waals surface area contributed by atoms with Crippen LogP contribution in [0.3, 0.4) is 0 Å². The summed E-state index contributed by atoms with van der Waals surface area (Å²) in [5, 5.41) is 2.74. The highest BCUT2D eigenvalue weighted by Crippen LogP contribution is 2.25. The summed E-state index contributed by atoms with van der Waals surface area (Å²) in [6.07, 6.45) is 4.99. The lowest BCUT2D eigenvalue weighted by atomic mass is 9.88. The number of Topliss-reactive ketones (excluding diaryl/α,β-unsaturated/α-hetero) is 2. The van der Waals surface area contributed by atoms with Crippen molar-refractivity contribution >= 4 is 29.1 Å². The van der Waals surface area contributed by atoms with Crippen LogP contribution in [0.4, 0.5) is 10.1 Å². The monoisotopic (exact) mass is 654 g/mol. The zero-order chi connectivity index (χ0) is 34.6. The maximum Gasteiger partial charge on any atom is 0.273 e. The number of pyridine rings is 2. The summed E-state index contributed by atoms with van der Waals surface area (Å²) in [7, 11) is 0. The average molecular weight is 655 g/mol. The van der Waals surface area contributed by atoms with E-state index in [1.807, 2.05) is 13.8 Å². The molecule has 0 unspecified atom stereocenters. The van der Waals surface area contributed by atoms with Crippen LogP contribution in [-0.4, -0.2) is 51.3 Å². The molecular formula is C37H39FN4O6. The van der Waals surface area contributed by atoms with Crippen molar-refractivity contribution in [3.8, 4) is 17.4 Å². The van der Waals surface area contributed by atoms with Gasteiger partial charge in [0.1, 0.15) is 17.2 Å². The Morgan fingerprint density at radius 3 is 2.02 bits per heavy atom. The van der Waals surface area contributed by atoms with Gasteiger partial charge in [0, 0.05) is 43.8 Å². The zero-order valence-electron chi connectivity index (χ0n) is 27.2. The van der Waals surface area contributed by atoms with Gasteiger partial charge < -0.3 is 19.7 Å². The molecule has 0 spiro atoms. The first-order valence-electron chi connectivity index (χ1n) is 15.7. The number of hydrogen-bond donors (Lipinski definition) is 1. The molecule has 2 amide bonds. The maximum atomic E-state index is 13.3. The number of rotatable bonds is 10. The number of piperidine rings is 1. The predicted octanol–water partition coefficient (Wildman–Crippen LogP) is 7.94. The minimum atomic E-state index is -0.717. The summed E-state index contributed by atoms with van der Waals surface area (Å²) in [5.74, 6) is 0.125. The fourth-order valence-corrected chi connectivity index (χ4v) is 4.85. The van der Waals surface area contributed by atoms with Gasteiger partial charge in [0.05, 0.1) is 17.4 Å². The second kappa shape index (κ2) is 16.7. The number of carbonyl (C=O) groups is 4. The topological polar surface area (TPSA) is 128 Å². The number of ketones is 2. The molecule has 1 saturated heterocycles. The Bertz CT molecular complexity index is 1760. The lowest BCUT2D eigenvalue weighted by Gasteiger charge is -2.31. The molecule has 10 nitrogen and oxygen atoms in total. The lowest BCUT2D eigenvalue weighted by molar-refractivity contribution is 0.0645. The first-order chi connectivity index (χ1) is 23.2. The summed E-state index contributed by atoms with van der Waals surface area (Å²) in [6.45, 7) is 7.79. The molecule has 250 valence electrons. The summed E-state index contributed by atoms with van der Waals surface area (Å²) in [4.78, 5) is 60.3. The Balaban J connectivity index is 0.00000213. The van der Waals surface area contributed by atoms with Gasteiger partial charge in [-0.3, -0.25) is 24.2 Å². The smallest absolute Gasteiger partial charge is 0.273 e. The molecule has 2 aromatic heterocycles. The second-order valence-corrected chi connectivity index (χ2v) is 10.6. The van der Waals surface area contributed by atoms with E-state index < -0.39 is 11.9 Å². The molecule has 4 aromatic rings. The largest absolute Gasteiger partial charge is 0.439 e. The molecule has 5 rings (SSSR count). The van der Waals surface area contributed by atoms with Gasteiger partial charge in [-0.25, -0.2) is 4.98 Å². The van der Waals surface area contributed by atoms with E-state index in [1.165, 1.54) is 44.4 Å². The van der Waals surface area contributed by atoms with Crippen LogP contribution >= 0.6 is 0 Å². The van der Waals surface area contributed by atoms with E-state index in [0.29, 0.717) is 60.1 Å². The predicted molar refractivity (Wildman–Crippen MR) is 181 cm³/mol. The quantitative estimate of drug-likeness (QED) is 0.135. The van der Waals surface area contributed by atoms with E-state index in [9.17, 15) is 23.6 Å². The number of aromatic nitrogens is 2. The SMILES string of the molecule is C/C=C(\F)Oc1ccc(C(=O)C2CCN(C(=O)c3ccc(C(=O)Nc4ccc(Oc5ccc(C(C)=O)cc5)nc4)cn3)CC2)cc1.CC.[HH]. The molecule has 1 N–H and O–H groups in total. The minimum Gasteiger partial charge on any atom is -0.439 e. The molecule has 0 radical (unpaired) electrons. The van der Waals surface area contributed by atoms with Crippen LogP contribution in [0.5, 0.6) is 17.4 Å². The number of hydrogen-bond acceptors (Lipinski definition) is 8. The van der Waals surface area contributed by atoms with Gasteiger partial charge in [0.2, 0.25) is 5.88 Å². The molecule has 2 aromatic carbocycles. The summed E-state index contributed by atoms with van der Waals surface area (Å²) in [6, 6.07) is 18.6. The number of likely N-dealkylation sites (tertiary alicyclic amines) is 1. The van der Waals surface area contributed by atoms with Gasteiger partial charge in [0.25, 0.3) is 17.8 Å². The normalized spacial score (nSPS) is 13.1. The number of nitrogens with one attached hydrogen (secondary N) is 1. The van der Waals surface area contributed by atoms with E-state index in [4.69, 9.17) is 9.47 Å². The van der Waals surface area contributed by atoms with E-state index in [1.54, 1.807) is 65.6 Å². The highest BCUT2D eigenvalue weighted by atomic mass is 19.1. The fraction of sp³-hybridized carbons (Fsp3) is 0.243. The number of anilines is 1. The van der Waals surface area contributed by atoms with Crippen LogP contribution < -0.4 is 14.8 Å². The van der Waals surface area contributed by atoms with Gasteiger partial charge in [-0.05, 0) is 99.5 Å². The summed E-state index contributed by atoms with van der Waals surface area (Å²) in [5.41, 5.74) is 1.98. The van der Waals surface area contributed by atoms with Gasteiger partial charge in [-0.15, -0.1) is 0 Å². The number of carbonyl (C=O) groups excluding carboxylic acids is 4. The van der Waals surface area contributed by atoms with E-state index in [0.717, 1.165) is 0 Å². The Morgan fingerprint density at radius 1 is 0.833 bits per heavy atom. The molecule has 0 saturated carbocycles. The van der Waals surface area contributed by atoms with Crippen LogP contribution in [0, 0.1) is 5.92 Å². The van der Waals surface area contributed by atoms with Gasteiger partial charge in [-0.1, -0.05) is 13.8 Å². The van der Waals surface area contributed by atoms with Gasteiger partial charge >= 0.3 is 0 Å². The van der Waals surface area contributed by atoms with Crippen molar-refractivity contribution in [3.05, 3.63) is 120 Å². The molecular weight excluding hydrogens is 615 g/mol. The first-order valence-corrected chi connectivity index (χ1v) is 15.7.